The van der Waals surface area contributed by atoms with Crippen LogP contribution in [0.3, 0.4) is 0 Å². The van der Waals surface area contributed by atoms with Crippen LogP contribution >= 0.6 is 11.3 Å². The van der Waals surface area contributed by atoms with Crippen molar-refractivity contribution in [2.45, 2.75) is 12.5 Å². The summed E-state index contributed by atoms with van der Waals surface area (Å²) in [5, 5.41) is 11.0. The first kappa shape index (κ1) is 2.10. The first-order valence-corrected chi connectivity index (χ1v) is 3.45. The van der Waals surface area contributed by atoms with Crippen molar-refractivity contribution in [3.63, 3.8) is 0 Å². The number of hydrogen-bond acceptors (Lipinski definition) is 3. The molecule has 2 N–H and O–H groups in total. The summed E-state index contributed by atoms with van der Waals surface area (Å²) in [6, 6.07) is -1.41. The normalized spacial score (nSPS) is 34.5. The van der Waals surface area contributed by atoms with Crippen molar-refractivity contribution in [2.24, 2.45) is 0 Å². The van der Waals surface area contributed by atoms with Crippen LogP contribution in [-0.4, -0.2) is 18.6 Å². The van der Waals surface area contributed by atoms with Gasteiger partial charge in [-0.1, -0.05) is 6.04 Å². The molecule has 1 aromatic heterocycles. The van der Waals surface area contributed by atoms with E-state index in [1.165, 1.54) is 5.32 Å². The van der Waals surface area contributed by atoms with Gasteiger partial charge in [0.05, 0.1) is 11.6 Å². The van der Waals surface area contributed by atoms with Gasteiger partial charge in [-0.25, -0.2) is 0 Å². The van der Waals surface area contributed by atoms with E-state index in [0.29, 0.717) is 0 Å². The lowest BCUT2D eigenvalue weighted by Gasteiger charge is -2.06. The molecule has 0 amide bonds. The number of aliphatic hydroxyl groups is 1. The molecular formula is C8H13NOS. The zero-order valence-electron chi connectivity index (χ0n) is 16.4. The second-order valence-corrected chi connectivity index (χ2v) is 2.32. The molecule has 0 saturated carbocycles. The minimum absolute atomic E-state index is 0.288. The number of thiophene rings is 1. The average molecular weight is 182 g/mol. The predicted molar refractivity (Wildman–Crippen MR) is 47.8 cm³/mol. The van der Waals surface area contributed by atoms with Gasteiger partial charge in [0.1, 0.15) is 0 Å². The van der Waals surface area contributed by atoms with Crippen LogP contribution in [0, 0.1) is 0 Å². The standard InChI is InChI=1S/C8H13NOS/c1-9-5-4-7(10)8-3-2-6-11-8/h2-3,6-7,9-10H,4-5H2,1H3/i1D3,2D,3D,4D2,5D2,6D,7D. The topological polar surface area (TPSA) is 32.3 Å². The molecule has 1 aromatic rings. The van der Waals surface area contributed by atoms with Gasteiger partial charge in [0, 0.05) is 14.5 Å². The molecule has 11 heavy (non-hydrogen) atoms. The maximum Gasteiger partial charge on any atom is 0.0894 e. The van der Waals surface area contributed by atoms with Gasteiger partial charge in [-0.2, -0.15) is 0 Å². The third kappa shape index (κ3) is 2.61. The van der Waals surface area contributed by atoms with Gasteiger partial charge in [-0.15, -0.1) is 11.3 Å². The van der Waals surface area contributed by atoms with Crippen LogP contribution in [0.2, 0.25) is 0 Å². The molecule has 2 nitrogen and oxygen atoms in total. The van der Waals surface area contributed by atoms with Crippen molar-refractivity contribution in [1.29, 1.82) is 0 Å². The van der Waals surface area contributed by atoms with E-state index < -0.39 is 48.2 Å². The Hall–Kier alpha value is -0.380. The Bertz CT molecular complexity index is 563. The highest BCUT2D eigenvalue weighted by Crippen LogP contribution is 2.20. The molecule has 0 aliphatic rings. The van der Waals surface area contributed by atoms with Gasteiger partial charge >= 0.3 is 0 Å². The van der Waals surface area contributed by atoms with Crippen molar-refractivity contribution < 1.29 is 20.2 Å². The Kier molecular flexibility index (Phi) is 0.858. The Morgan fingerprint density at radius 1 is 2.18 bits per heavy atom. The van der Waals surface area contributed by atoms with Gasteiger partial charge in [-0.3, -0.25) is 0 Å². The van der Waals surface area contributed by atoms with Crippen molar-refractivity contribution in [3.05, 3.63) is 22.3 Å². The zero-order valence-corrected chi connectivity index (χ0v) is 6.17. The molecule has 1 atom stereocenters. The Morgan fingerprint density at radius 2 is 3.09 bits per heavy atom. The smallest absolute Gasteiger partial charge is 0.0894 e. The lowest BCUT2D eigenvalue weighted by atomic mass is 10.2. The van der Waals surface area contributed by atoms with Gasteiger partial charge in [0.25, 0.3) is 0 Å². The fourth-order valence-electron chi connectivity index (χ4n) is 0.439. The van der Waals surface area contributed by atoms with Gasteiger partial charge in [0.2, 0.25) is 0 Å². The summed E-state index contributed by atoms with van der Waals surface area (Å²) >= 11 is 0.288. The third-order valence-corrected chi connectivity index (χ3v) is 1.54. The molecule has 62 valence electrons. The van der Waals surface area contributed by atoms with Crippen LogP contribution in [-0.2, 0) is 0 Å². The van der Waals surface area contributed by atoms with E-state index in [1.54, 1.807) is 0 Å². The van der Waals surface area contributed by atoms with Crippen molar-refractivity contribution in [1.82, 2.24) is 5.32 Å². The molecular weight excluding hydrogens is 158 g/mol. The predicted octanol–water partition coefficient (Wildman–Crippen LogP) is 1.39. The maximum atomic E-state index is 10.1. The van der Waals surface area contributed by atoms with Gasteiger partial charge in [0.15, 0.2) is 0 Å². The van der Waals surface area contributed by atoms with Crippen LogP contribution in [0.25, 0.3) is 0 Å². The molecule has 0 bridgehead atoms. The molecule has 1 heterocycles. The van der Waals surface area contributed by atoms with E-state index in [2.05, 4.69) is 0 Å². The van der Waals surface area contributed by atoms with E-state index in [0.717, 1.165) is 0 Å². The summed E-state index contributed by atoms with van der Waals surface area (Å²) in [4.78, 5) is -0.747. The lowest BCUT2D eigenvalue weighted by Crippen LogP contribution is -2.11. The number of rotatable bonds is 4. The Labute approximate surface area is 86.3 Å². The van der Waals surface area contributed by atoms with Gasteiger partial charge < -0.3 is 10.4 Å². The SMILES string of the molecule is [2H]c1sc(C([2H])(O)C([2H])([2H])C([2H])([2H])NC([2H])([2H])[2H])c([2H])c1[2H]. The molecule has 0 spiro atoms. The minimum Gasteiger partial charge on any atom is -0.388 e. The summed E-state index contributed by atoms with van der Waals surface area (Å²) in [6.45, 7) is -6.43. The zero-order chi connectivity index (χ0) is 17.7. The van der Waals surface area contributed by atoms with Crippen molar-refractivity contribution in [2.75, 3.05) is 13.5 Å². The molecule has 0 aliphatic carbocycles. The van der Waals surface area contributed by atoms with Crippen LogP contribution in [0.15, 0.2) is 17.4 Å². The van der Waals surface area contributed by atoms with E-state index in [-0.39, 0.29) is 11.3 Å². The summed E-state index contributed by atoms with van der Waals surface area (Å²) in [6.07, 6.45) is -6.86. The van der Waals surface area contributed by atoms with E-state index in [1.807, 2.05) is 0 Å². The first-order valence-electron chi connectivity index (χ1n) is 8.13. The van der Waals surface area contributed by atoms with Gasteiger partial charge in [-0.05, 0) is 31.2 Å². The summed E-state index contributed by atoms with van der Waals surface area (Å²) in [5.74, 6) is 0. The highest BCUT2D eigenvalue weighted by atomic mass is 32.1. The molecule has 0 aliphatic heterocycles. The highest BCUT2D eigenvalue weighted by molar-refractivity contribution is 7.10. The lowest BCUT2D eigenvalue weighted by molar-refractivity contribution is 0.171. The largest absolute Gasteiger partial charge is 0.388 e. The molecule has 1 unspecified atom stereocenters. The highest BCUT2D eigenvalue weighted by Gasteiger charge is 2.06. The Balaban J connectivity index is 3.38. The molecule has 0 aromatic carbocycles. The quantitative estimate of drug-likeness (QED) is 0.737. The second-order valence-electron chi connectivity index (χ2n) is 1.51. The van der Waals surface area contributed by atoms with Crippen LogP contribution < -0.4 is 5.32 Å². The molecule has 0 fully saturated rings. The second kappa shape index (κ2) is 4.49. The van der Waals surface area contributed by atoms with Crippen LogP contribution in [0.5, 0.6) is 0 Å². The molecule has 0 saturated heterocycles. The van der Waals surface area contributed by atoms with Crippen LogP contribution in [0.4, 0.5) is 0 Å². The number of hydrogen-bond donors (Lipinski definition) is 2. The summed E-state index contributed by atoms with van der Waals surface area (Å²) < 4.78 is 81.2. The molecule has 0 radical (unpaired) electrons. The maximum absolute atomic E-state index is 10.1. The fraction of sp³-hybridized carbons (Fsp3) is 0.500. The monoisotopic (exact) mass is 182 g/mol. The van der Waals surface area contributed by atoms with E-state index in [9.17, 15) is 5.11 Å². The minimum atomic E-state index is -3.49. The Morgan fingerprint density at radius 3 is 3.73 bits per heavy atom. The van der Waals surface area contributed by atoms with E-state index in [4.69, 9.17) is 15.1 Å². The summed E-state index contributed by atoms with van der Waals surface area (Å²) in [7, 11) is 0. The van der Waals surface area contributed by atoms with E-state index >= 15 is 0 Å². The average Bonchev–Trinajstić information content (AvgIpc) is 2.53. The molecule has 3 heteroatoms. The molecule has 1 rings (SSSR count). The van der Waals surface area contributed by atoms with Crippen LogP contribution in [0.1, 0.15) is 32.4 Å². The fourth-order valence-corrected chi connectivity index (χ4v) is 0.893. The first-order chi connectivity index (χ1) is 9.54. The van der Waals surface area contributed by atoms with Crippen molar-refractivity contribution in [3.8, 4) is 0 Å². The number of nitrogens with one attached hydrogen (secondary N) is 1. The van der Waals surface area contributed by atoms with Crippen molar-refractivity contribution >= 4 is 11.3 Å². The summed E-state index contributed by atoms with van der Waals surface area (Å²) in [5.41, 5.74) is 0. The third-order valence-electron chi connectivity index (χ3n) is 0.839.